The van der Waals surface area contributed by atoms with E-state index in [1.807, 2.05) is 11.0 Å². The lowest BCUT2D eigenvalue weighted by atomic mass is 10.3. The first-order valence-corrected chi connectivity index (χ1v) is 7.03. The van der Waals surface area contributed by atoms with Crippen molar-refractivity contribution < 1.29 is 4.79 Å². The van der Waals surface area contributed by atoms with Gasteiger partial charge in [0.2, 0.25) is 0 Å². The van der Waals surface area contributed by atoms with Gasteiger partial charge in [-0.05, 0) is 43.3 Å². The van der Waals surface area contributed by atoms with Crippen molar-refractivity contribution >= 4 is 11.7 Å². The number of amides is 2. The van der Waals surface area contributed by atoms with E-state index >= 15 is 0 Å². The van der Waals surface area contributed by atoms with E-state index in [-0.39, 0.29) is 6.03 Å². The van der Waals surface area contributed by atoms with Crippen LogP contribution in [0.5, 0.6) is 0 Å². The number of hydrogen-bond donors (Lipinski definition) is 1. The molecule has 0 bridgehead atoms. The Hall–Kier alpha value is -1.55. The van der Waals surface area contributed by atoms with Gasteiger partial charge in [0.25, 0.3) is 0 Å². The van der Waals surface area contributed by atoms with Crippen LogP contribution < -0.4 is 5.32 Å². The molecule has 3 rings (SSSR count). The Bertz CT molecular complexity index is 500. The van der Waals surface area contributed by atoms with Crippen LogP contribution in [-0.2, 0) is 0 Å². The first kappa shape index (κ1) is 12.5. The van der Waals surface area contributed by atoms with Gasteiger partial charge in [-0.3, -0.25) is 0 Å². The number of nitrogens with one attached hydrogen (secondary N) is 1. The second kappa shape index (κ2) is 4.85. The molecule has 0 spiro atoms. The Labute approximate surface area is 114 Å². The average Bonchev–Trinajstić information content (AvgIpc) is 3.08. The second-order valence-corrected chi connectivity index (χ2v) is 5.64. The molecular formula is C15H21N3O. The van der Waals surface area contributed by atoms with Crippen LogP contribution in [0.3, 0.4) is 0 Å². The minimum atomic E-state index is 0.0311. The fraction of sp³-hybridized carbons (Fsp3) is 0.533. The molecule has 1 N–H and O–H groups in total. The molecule has 1 aromatic carbocycles. The van der Waals surface area contributed by atoms with Crippen molar-refractivity contribution in [2.24, 2.45) is 0 Å². The standard InChI is InChI=1S/C15H21N3O/c1-11-13-5-4-12(10-14(11)13)16-15(19)18-7-3-6-17(2)8-9-18/h4-5,10-11H,3,6-9H2,1-2H3,(H,16,19). The summed E-state index contributed by atoms with van der Waals surface area (Å²) in [6.45, 7) is 5.87. The number of hydrogen-bond acceptors (Lipinski definition) is 2. The van der Waals surface area contributed by atoms with E-state index in [1.165, 1.54) is 11.1 Å². The summed E-state index contributed by atoms with van der Waals surface area (Å²) >= 11 is 0. The van der Waals surface area contributed by atoms with Gasteiger partial charge in [-0.1, -0.05) is 13.0 Å². The summed E-state index contributed by atoms with van der Waals surface area (Å²) < 4.78 is 0. The minimum absolute atomic E-state index is 0.0311. The molecule has 2 amide bonds. The molecule has 1 fully saturated rings. The van der Waals surface area contributed by atoms with Crippen molar-refractivity contribution in [2.75, 3.05) is 38.5 Å². The normalized spacial score (nSPS) is 22.6. The third-order valence-corrected chi connectivity index (χ3v) is 4.19. The van der Waals surface area contributed by atoms with Gasteiger partial charge in [-0.25, -0.2) is 4.79 Å². The molecule has 0 saturated carbocycles. The van der Waals surface area contributed by atoms with Gasteiger partial charge < -0.3 is 15.1 Å². The average molecular weight is 259 g/mol. The maximum absolute atomic E-state index is 12.2. The Morgan fingerprint density at radius 2 is 2.05 bits per heavy atom. The van der Waals surface area contributed by atoms with Gasteiger partial charge >= 0.3 is 6.03 Å². The Kier molecular flexibility index (Phi) is 3.19. The highest BCUT2D eigenvalue weighted by molar-refractivity contribution is 5.90. The van der Waals surface area contributed by atoms with Crippen molar-refractivity contribution in [1.82, 2.24) is 9.80 Å². The van der Waals surface area contributed by atoms with Crippen LogP contribution in [0.25, 0.3) is 0 Å². The Morgan fingerprint density at radius 1 is 1.21 bits per heavy atom. The molecule has 1 heterocycles. The second-order valence-electron chi connectivity index (χ2n) is 5.64. The summed E-state index contributed by atoms with van der Waals surface area (Å²) in [6, 6.07) is 6.25. The van der Waals surface area contributed by atoms with Gasteiger partial charge in [0.1, 0.15) is 0 Å². The third kappa shape index (κ3) is 2.59. The fourth-order valence-corrected chi connectivity index (χ4v) is 2.76. The highest BCUT2D eigenvalue weighted by atomic mass is 16.2. The SMILES string of the molecule is CC1c2ccc(NC(=O)N3CCCN(C)CC3)cc21. The lowest BCUT2D eigenvalue weighted by Crippen LogP contribution is -2.37. The molecule has 1 unspecified atom stereocenters. The van der Waals surface area contributed by atoms with Gasteiger partial charge in [0.15, 0.2) is 0 Å². The molecule has 0 aromatic heterocycles. The molecule has 1 aliphatic heterocycles. The molecule has 1 aromatic rings. The summed E-state index contributed by atoms with van der Waals surface area (Å²) in [5.74, 6) is 0.581. The summed E-state index contributed by atoms with van der Waals surface area (Å²) in [6.07, 6.45) is 1.05. The van der Waals surface area contributed by atoms with E-state index in [0.29, 0.717) is 5.92 Å². The predicted octanol–water partition coefficient (Wildman–Crippen LogP) is 2.32. The number of fused-ring (bicyclic) bond motifs is 1. The molecule has 102 valence electrons. The van der Waals surface area contributed by atoms with Crippen LogP contribution in [0.2, 0.25) is 0 Å². The van der Waals surface area contributed by atoms with Crippen molar-refractivity contribution in [1.29, 1.82) is 0 Å². The maximum Gasteiger partial charge on any atom is 0.321 e. The summed E-state index contributed by atoms with van der Waals surface area (Å²) in [4.78, 5) is 16.4. The summed E-state index contributed by atoms with van der Waals surface area (Å²) in [5, 5.41) is 3.02. The van der Waals surface area contributed by atoms with E-state index in [1.54, 1.807) is 0 Å². The summed E-state index contributed by atoms with van der Waals surface area (Å²) in [7, 11) is 2.11. The number of nitrogens with zero attached hydrogens (tertiary/aromatic N) is 2. The van der Waals surface area contributed by atoms with Crippen LogP contribution in [-0.4, -0.2) is 49.1 Å². The van der Waals surface area contributed by atoms with Crippen molar-refractivity contribution in [2.45, 2.75) is 19.3 Å². The fourth-order valence-electron chi connectivity index (χ4n) is 2.76. The van der Waals surface area contributed by atoms with E-state index in [0.717, 1.165) is 38.3 Å². The topological polar surface area (TPSA) is 35.6 Å². The molecule has 0 radical (unpaired) electrons. The van der Waals surface area contributed by atoms with Crippen molar-refractivity contribution in [3.8, 4) is 0 Å². The van der Waals surface area contributed by atoms with Crippen LogP contribution in [0.15, 0.2) is 18.2 Å². The molecule has 1 saturated heterocycles. The van der Waals surface area contributed by atoms with Crippen LogP contribution in [0, 0.1) is 0 Å². The molecule has 2 aliphatic rings. The third-order valence-electron chi connectivity index (χ3n) is 4.19. The first-order valence-electron chi connectivity index (χ1n) is 7.03. The zero-order chi connectivity index (χ0) is 13.4. The number of rotatable bonds is 1. The highest BCUT2D eigenvalue weighted by Gasteiger charge is 2.28. The van der Waals surface area contributed by atoms with E-state index < -0.39 is 0 Å². The maximum atomic E-state index is 12.2. The summed E-state index contributed by atoms with van der Waals surface area (Å²) in [5.41, 5.74) is 3.70. The monoisotopic (exact) mass is 259 g/mol. The minimum Gasteiger partial charge on any atom is -0.323 e. The Balaban J connectivity index is 1.61. The predicted molar refractivity (Wildman–Crippen MR) is 76.7 cm³/mol. The van der Waals surface area contributed by atoms with Gasteiger partial charge in [-0.15, -0.1) is 0 Å². The lowest BCUT2D eigenvalue weighted by Gasteiger charge is -2.21. The molecule has 4 nitrogen and oxygen atoms in total. The number of urea groups is 1. The van der Waals surface area contributed by atoms with E-state index in [2.05, 4.69) is 36.3 Å². The zero-order valence-electron chi connectivity index (χ0n) is 11.6. The number of carbonyl (C=O) groups is 1. The van der Waals surface area contributed by atoms with Gasteiger partial charge in [0, 0.05) is 31.2 Å². The van der Waals surface area contributed by atoms with Crippen LogP contribution in [0.4, 0.5) is 10.5 Å². The number of likely N-dealkylation sites (N-methyl/N-ethyl adjacent to an activating group) is 1. The van der Waals surface area contributed by atoms with Gasteiger partial charge in [-0.2, -0.15) is 0 Å². The van der Waals surface area contributed by atoms with Crippen molar-refractivity contribution in [3.63, 3.8) is 0 Å². The zero-order valence-corrected chi connectivity index (χ0v) is 11.6. The Morgan fingerprint density at radius 3 is 2.84 bits per heavy atom. The van der Waals surface area contributed by atoms with E-state index in [4.69, 9.17) is 0 Å². The highest BCUT2D eigenvalue weighted by Crippen LogP contribution is 2.43. The molecule has 1 atom stereocenters. The van der Waals surface area contributed by atoms with Crippen LogP contribution in [0.1, 0.15) is 30.4 Å². The van der Waals surface area contributed by atoms with E-state index in [9.17, 15) is 4.79 Å². The molecule has 19 heavy (non-hydrogen) atoms. The smallest absolute Gasteiger partial charge is 0.321 e. The molecule has 4 heteroatoms. The number of benzene rings is 1. The van der Waals surface area contributed by atoms with Crippen molar-refractivity contribution in [3.05, 3.63) is 29.3 Å². The lowest BCUT2D eigenvalue weighted by molar-refractivity contribution is 0.213. The number of anilines is 1. The number of carbonyl (C=O) groups excluding carboxylic acids is 1. The largest absolute Gasteiger partial charge is 0.323 e. The first-order chi connectivity index (χ1) is 9.15. The molecule has 1 aliphatic carbocycles. The molecular weight excluding hydrogens is 238 g/mol. The quantitative estimate of drug-likeness (QED) is 0.840. The van der Waals surface area contributed by atoms with Gasteiger partial charge in [0.05, 0.1) is 0 Å². The van der Waals surface area contributed by atoms with Crippen LogP contribution >= 0.6 is 0 Å².